The number of hydrogen-bond donors (Lipinski definition) is 0. The Balaban J connectivity index is 2.11. The van der Waals surface area contributed by atoms with Crippen LogP contribution in [0.5, 0.6) is 0 Å². The summed E-state index contributed by atoms with van der Waals surface area (Å²) in [5.74, 6) is -0.0430. The highest BCUT2D eigenvalue weighted by Gasteiger charge is 2.07. The molecule has 0 bridgehead atoms. The van der Waals surface area contributed by atoms with E-state index in [-0.39, 0.29) is 5.78 Å². The lowest BCUT2D eigenvalue weighted by atomic mass is 10.2. The van der Waals surface area contributed by atoms with Gasteiger partial charge in [0.25, 0.3) is 0 Å². The van der Waals surface area contributed by atoms with Gasteiger partial charge in [-0.05, 0) is 32.1 Å². The van der Waals surface area contributed by atoms with E-state index in [4.69, 9.17) is 0 Å². The van der Waals surface area contributed by atoms with E-state index < -0.39 is 0 Å². The molecule has 0 spiro atoms. The fraction of sp³-hybridized carbons (Fsp3) is 0.308. The Morgan fingerprint density at radius 3 is 2.83 bits per heavy atom. The Labute approximate surface area is 106 Å². The zero-order valence-corrected chi connectivity index (χ0v) is 10.6. The van der Waals surface area contributed by atoms with Crippen LogP contribution >= 0.6 is 0 Å². The van der Waals surface area contributed by atoms with E-state index in [9.17, 15) is 4.79 Å². The van der Waals surface area contributed by atoms with Gasteiger partial charge in [-0.1, -0.05) is 0 Å². The summed E-state index contributed by atoms with van der Waals surface area (Å²) in [5.41, 5.74) is 1.53. The standard InChI is InChI=1S/C13H16N4O/c1-3-16-10-11(9-15-16)5-6-13(18)12-7-8-14-17(12)4-2/h5-10H,3-4H2,1-2H3/b6-5+. The minimum atomic E-state index is -0.0430. The van der Waals surface area contributed by atoms with Crippen molar-refractivity contribution in [1.82, 2.24) is 19.6 Å². The molecule has 2 rings (SSSR count). The largest absolute Gasteiger partial charge is 0.288 e. The van der Waals surface area contributed by atoms with Crippen LogP contribution in [0.4, 0.5) is 0 Å². The van der Waals surface area contributed by atoms with Crippen molar-refractivity contribution in [3.05, 3.63) is 42.0 Å². The average molecular weight is 244 g/mol. The van der Waals surface area contributed by atoms with Gasteiger partial charge < -0.3 is 0 Å². The van der Waals surface area contributed by atoms with Crippen LogP contribution in [0, 0.1) is 0 Å². The van der Waals surface area contributed by atoms with Gasteiger partial charge in [-0.25, -0.2) is 0 Å². The van der Waals surface area contributed by atoms with Crippen molar-refractivity contribution >= 4 is 11.9 Å². The van der Waals surface area contributed by atoms with Crippen molar-refractivity contribution in [3.8, 4) is 0 Å². The molecule has 0 aliphatic heterocycles. The summed E-state index contributed by atoms with van der Waals surface area (Å²) in [6.45, 7) is 5.49. The molecule has 5 nitrogen and oxygen atoms in total. The number of rotatable bonds is 5. The van der Waals surface area contributed by atoms with Crippen LogP contribution in [-0.2, 0) is 13.1 Å². The van der Waals surface area contributed by atoms with Gasteiger partial charge in [0.15, 0.2) is 0 Å². The predicted octanol–water partition coefficient (Wildman–Crippen LogP) is 2.02. The lowest BCUT2D eigenvalue weighted by molar-refractivity contribution is 0.103. The molecule has 2 aromatic rings. The smallest absolute Gasteiger partial charge is 0.203 e. The molecule has 0 atom stereocenters. The van der Waals surface area contributed by atoms with Gasteiger partial charge in [0.2, 0.25) is 5.78 Å². The summed E-state index contributed by atoms with van der Waals surface area (Å²) < 4.78 is 3.50. The summed E-state index contributed by atoms with van der Waals surface area (Å²) in [5, 5.41) is 8.22. The molecule has 0 fully saturated rings. The van der Waals surface area contributed by atoms with E-state index in [0.29, 0.717) is 12.2 Å². The van der Waals surface area contributed by atoms with Gasteiger partial charge >= 0.3 is 0 Å². The fourth-order valence-electron chi connectivity index (χ4n) is 1.69. The molecular formula is C13H16N4O. The monoisotopic (exact) mass is 244 g/mol. The first kappa shape index (κ1) is 12.3. The van der Waals surface area contributed by atoms with E-state index in [1.54, 1.807) is 35.3 Å². The third kappa shape index (κ3) is 2.56. The van der Waals surface area contributed by atoms with Gasteiger partial charge in [0, 0.05) is 31.0 Å². The maximum atomic E-state index is 12.0. The number of aromatic nitrogens is 4. The Hall–Kier alpha value is -2.17. The number of hydrogen-bond acceptors (Lipinski definition) is 3. The van der Waals surface area contributed by atoms with Gasteiger partial charge in [0.05, 0.1) is 6.20 Å². The van der Waals surface area contributed by atoms with E-state index in [0.717, 1.165) is 12.1 Å². The summed E-state index contributed by atoms with van der Waals surface area (Å²) in [6.07, 6.45) is 8.61. The topological polar surface area (TPSA) is 52.7 Å². The number of allylic oxidation sites excluding steroid dienone is 1. The van der Waals surface area contributed by atoms with Crippen molar-refractivity contribution in [1.29, 1.82) is 0 Å². The first-order chi connectivity index (χ1) is 8.74. The minimum absolute atomic E-state index is 0.0430. The maximum absolute atomic E-state index is 12.0. The highest BCUT2D eigenvalue weighted by molar-refractivity contribution is 6.05. The highest BCUT2D eigenvalue weighted by Crippen LogP contribution is 2.05. The second-order valence-electron chi connectivity index (χ2n) is 3.86. The van der Waals surface area contributed by atoms with Crippen LogP contribution in [0.1, 0.15) is 29.9 Å². The molecule has 0 amide bonds. The number of nitrogens with zero attached hydrogens (tertiary/aromatic N) is 4. The number of carbonyl (C=O) groups excluding carboxylic acids is 1. The third-order valence-electron chi connectivity index (χ3n) is 2.67. The fourth-order valence-corrected chi connectivity index (χ4v) is 1.69. The quantitative estimate of drug-likeness (QED) is 0.597. The minimum Gasteiger partial charge on any atom is -0.288 e. The van der Waals surface area contributed by atoms with Crippen LogP contribution in [0.15, 0.2) is 30.7 Å². The van der Waals surface area contributed by atoms with Crippen LogP contribution in [0.25, 0.3) is 6.08 Å². The Morgan fingerprint density at radius 2 is 2.17 bits per heavy atom. The van der Waals surface area contributed by atoms with Crippen LogP contribution in [-0.4, -0.2) is 25.3 Å². The molecule has 2 aromatic heterocycles. The molecule has 0 aliphatic carbocycles. The number of carbonyl (C=O) groups is 1. The molecule has 18 heavy (non-hydrogen) atoms. The van der Waals surface area contributed by atoms with Crippen LogP contribution < -0.4 is 0 Å². The maximum Gasteiger partial charge on any atom is 0.203 e. The average Bonchev–Trinajstić information content (AvgIpc) is 3.04. The normalized spacial score (nSPS) is 11.2. The number of aryl methyl sites for hydroxylation is 2. The molecule has 0 aliphatic rings. The van der Waals surface area contributed by atoms with Gasteiger partial charge in [-0.2, -0.15) is 10.2 Å². The molecule has 0 N–H and O–H groups in total. The molecule has 0 saturated heterocycles. The summed E-state index contributed by atoms with van der Waals surface area (Å²) >= 11 is 0. The summed E-state index contributed by atoms with van der Waals surface area (Å²) in [7, 11) is 0. The molecule has 94 valence electrons. The van der Waals surface area contributed by atoms with Crippen molar-refractivity contribution < 1.29 is 4.79 Å². The lowest BCUT2D eigenvalue weighted by Crippen LogP contribution is -2.07. The number of ketones is 1. The van der Waals surface area contributed by atoms with E-state index in [2.05, 4.69) is 10.2 Å². The molecule has 2 heterocycles. The molecule has 0 radical (unpaired) electrons. The van der Waals surface area contributed by atoms with Crippen LogP contribution in [0.3, 0.4) is 0 Å². The summed E-state index contributed by atoms with van der Waals surface area (Å²) in [6, 6.07) is 1.73. The first-order valence-electron chi connectivity index (χ1n) is 6.01. The molecule has 5 heteroatoms. The van der Waals surface area contributed by atoms with E-state index in [1.165, 1.54) is 0 Å². The molecule has 0 saturated carbocycles. The highest BCUT2D eigenvalue weighted by atomic mass is 16.1. The van der Waals surface area contributed by atoms with Crippen molar-refractivity contribution in [2.45, 2.75) is 26.9 Å². The lowest BCUT2D eigenvalue weighted by Gasteiger charge is -1.99. The molecular weight excluding hydrogens is 228 g/mol. The Kier molecular flexibility index (Phi) is 3.72. The van der Waals surface area contributed by atoms with Gasteiger partial charge in [-0.3, -0.25) is 14.2 Å². The van der Waals surface area contributed by atoms with Gasteiger partial charge in [0.1, 0.15) is 5.69 Å². The SMILES string of the molecule is CCn1cc(/C=C/C(=O)c2ccnn2CC)cn1. The zero-order chi connectivity index (χ0) is 13.0. The van der Waals surface area contributed by atoms with Gasteiger partial charge in [-0.15, -0.1) is 0 Å². The van der Waals surface area contributed by atoms with Crippen molar-refractivity contribution in [2.75, 3.05) is 0 Å². The second kappa shape index (κ2) is 5.44. The van der Waals surface area contributed by atoms with Crippen LogP contribution in [0.2, 0.25) is 0 Å². The van der Waals surface area contributed by atoms with E-state index in [1.807, 2.05) is 24.7 Å². The van der Waals surface area contributed by atoms with Crippen molar-refractivity contribution in [2.24, 2.45) is 0 Å². The molecule has 0 unspecified atom stereocenters. The predicted molar refractivity (Wildman–Crippen MR) is 69.2 cm³/mol. The summed E-state index contributed by atoms with van der Waals surface area (Å²) in [4.78, 5) is 12.0. The zero-order valence-electron chi connectivity index (χ0n) is 10.6. The molecule has 0 aromatic carbocycles. The first-order valence-corrected chi connectivity index (χ1v) is 6.01. The third-order valence-corrected chi connectivity index (χ3v) is 2.67. The van der Waals surface area contributed by atoms with Crippen molar-refractivity contribution in [3.63, 3.8) is 0 Å². The van der Waals surface area contributed by atoms with E-state index >= 15 is 0 Å². The Bertz CT molecular complexity index is 565. The Morgan fingerprint density at radius 1 is 1.33 bits per heavy atom. The second-order valence-corrected chi connectivity index (χ2v) is 3.86.